The Labute approximate surface area is 130 Å². The van der Waals surface area contributed by atoms with Crippen LogP contribution in [0.15, 0.2) is 52.3 Å². The second kappa shape index (κ2) is 9.50. The summed E-state index contributed by atoms with van der Waals surface area (Å²) >= 11 is 1.80. The number of hydrogen-bond acceptors (Lipinski definition) is 4. The minimum absolute atomic E-state index is 0.248. The second-order valence-corrected chi connectivity index (χ2v) is 6.30. The van der Waals surface area contributed by atoms with Crippen LogP contribution < -0.4 is 0 Å². The number of hydrogen-bond donors (Lipinski definition) is 1. The van der Waals surface area contributed by atoms with E-state index in [4.69, 9.17) is 4.42 Å². The van der Waals surface area contributed by atoms with Gasteiger partial charge in [-0.3, -0.25) is 0 Å². The highest BCUT2D eigenvalue weighted by atomic mass is 32.2. The molecule has 2 rings (SSSR count). The van der Waals surface area contributed by atoms with Crippen LogP contribution in [0.3, 0.4) is 0 Å². The molecule has 21 heavy (non-hydrogen) atoms. The molecule has 1 aliphatic carbocycles. The van der Waals surface area contributed by atoms with Crippen LogP contribution in [0.1, 0.15) is 44.3 Å². The van der Waals surface area contributed by atoms with Crippen LogP contribution in [0.4, 0.5) is 0 Å². The lowest BCUT2D eigenvalue weighted by atomic mass is 10.1. The van der Waals surface area contributed by atoms with Crippen LogP contribution in [0.5, 0.6) is 0 Å². The molecule has 0 saturated heterocycles. The maximum Gasteiger partial charge on any atom is 0.113 e. The number of allylic oxidation sites excluding steroid dienone is 4. The molecule has 0 radical (unpaired) electrons. The average Bonchev–Trinajstić information content (AvgIpc) is 3.00. The third kappa shape index (κ3) is 5.84. The van der Waals surface area contributed by atoms with Crippen molar-refractivity contribution in [3.63, 3.8) is 0 Å². The molecule has 1 N–H and O–H groups in total. The van der Waals surface area contributed by atoms with Gasteiger partial charge in [0, 0.05) is 5.25 Å². The van der Waals surface area contributed by atoms with Crippen molar-refractivity contribution in [2.24, 2.45) is 5.16 Å². The number of nitrogens with zero attached hydrogens (tertiary/aromatic N) is 1. The lowest BCUT2D eigenvalue weighted by molar-refractivity contribution is 0.316. The highest BCUT2D eigenvalue weighted by molar-refractivity contribution is 7.99. The Hall–Kier alpha value is -1.42. The molecule has 0 aliphatic heterocycles. The number of oxime groups is 1. The molecular formula is C17H23NO2S. The molecule has 0 aromatic carbocycles. The lowest BCUT2D eigenvalue weighted by Gasteiger charge is -2.16. The summed E-state index contributed by atoms with van der Waals surface area (Å²) in [7, 11) is 0. The van der Waals surface area contributed by atoms with Gasteiger partial charge in [-0.05, 0) is 50.7 Å². The van der Waals surface area contributed by atoms with Crippen LogP contribution >= 0.6 is 11.8 Å². The van der Waals surface area contributed by atoms with E-state index in [9.17, 15) is 5.21 Å². The van der Waals surface area contributed by atoms with E-state index in [1.54, 1.807) is 18.0 Å². The second-order valence-electron chi connectivity index (χ2n) is 5.11. The highest BCUT2D eigenvalue weighted by Gasteiger charge is 2.17. The summed E-state index contributed by atoms with van der Waals surface area (Å²) in [6, 6.07) is 3.90. The van der Waals surface area contributed by atoms with E-state index in [-0.39, 0.29) is 5.25 Å². The largest absolute Gasteiger partial charge is 0.468 e. The van der Waals surface area contributed by atoms with Crippen molar-refractivity contribution in [1.82, 2.24) is 0 Å². The number of thioether (sulfide) groups is 1. The van der Waals surface area contributed by atoms with Crippen LogP contribution in [-0.4, -0.2) is 16.2 Å². The van der Waals surface area contributed by atoms with Gasteiger partial charge in [-0.2, -0.15) is 0 Å². The molecule has 4 heteroatoms. The van der Waals surface area contributed by atoms with Gasteiger partial charge in [0.05, 0.1) is 17.7 Å². The van der Waals surface area contributed by atoms with Gasteiger partial charge in [0.1, 0.15) is 5.76 Å². The Morgan fingerprint density at radius 1 is 1.14 bits per heavy atom. The smallest absolute Gasteiger partial charge is 0.113 e. The zero-order valence-electron chi connectivity index (χ0n) is 12.3. The zero-order chi connectivity index (χ0) is 14.8. The molecule has 0 amide bonds. The van der Waals surface area contributed by atoms with Gasteiger partial charge in [-0.25, -0.2) is 0 Å². The third-order valence-electron chi connectivity index (χ3n) is 3.50. The Kier molecular flexibility index (Phi) is 7.22. The molecule has 1 aromatic heterocycles. The van der Waals surface area contributed by atoms with Gasteiger partial charge < -0.3 is 9.62 Å². The van der Waals surface area contributed by atoms with Crippen molar-refractivity contribution in [2.75, 3.05) is 0 Å². The van der Waals surface area contributed by atoms with Crippen molar-refractivity contribution >= 4 is 17.5 Å². The average molecular weight is 305 g/mol. The fourth-order valence-electron chi connectivity index (χ4n) is 2.34. The van der Waals surface area contributed by atoms with Crippen LogP contribution in [0.25, 0.3) is 0 Å². The topological polar surface area (TPSA) is 45.7 Å². The standard InChI is InChI=1S/C17H23NO2S/c19-18-16-11-7-5-3-1-2-4-6-8-12-17(16)21-14-15-10-9-13-20-15/h3-6,9-10,13,17,19H,1-2,7-8,11-12,14H2/b5-3+,6-4+,18-16-/t17-/m1/s1. The SMILES string of the molecule is O/N=C1/CC/C=C/CC/C=C/CC[C@H]1SCc1ccco1. The summed E-state index contributed by atoms with van der Waals surface area (Å²) in [5.74, 6) is 1.79. The normalized spacial score (nSPS) is 25.9. The van der Waals surface area contributed by atoms with Crippen LogP contribution in [0, 0.1) is 0 Å². The van der Waals surface area contributed by atoms with Crippen molar-refractivity contribution in [1.29, 1.82) is 0 Å². The van der Waals surface area contributed by atoms with Gasteiger partial charge in [-0.15, -0.1) is 11.8 Å². The van der Waals surface area contributed by atoms with E-state index in [0.29, 0.717) is 0 Å². The minimum atomic E-state index is 0.248. The molecule has 3 nitrogen and oxygen atoms in total. The van der Waals surface area contributed by atoms with Gasteiger partial charge in [0.25, 0.3) is 0 Å². The molecule has 0 spiro atoms. The summed E-state index contributed by atoms with van der Waals surface area (Å²) in [5.41, 5.74) is 0.894. The quantitative estimate of drug-likeness (QED) is 0.475. The fourth-order valence-corrected chi connectivity index (χ4v) is 3.53. The van der Waals surface area contributed by atoms with E-state index >= 15 is 0 Å². The highest BCUT2D eigenvalue weighted by Crippen LogP contribution is 2.25. The van der Waals surface area contributed by atoms with Gasteiger partial charge in [-0.1, -0.05) is 29.5 Å². The number of furan rings is 1. The zero-order valence-corrected chi connectivity index (χ0v) is 13.1. The van der Waals surface area contributed by atoms with E-state index in [2.05, 4.69) is 29.5 Å². The van der Waals surface area contributed by atoms with Crippen LogP contribution in [-0.2, 0) is 5.75 Å². The van der Waals surface area contributed by atoms with Gasteiger partial charge in [0.15, 0.2) is 0 Å². The molecule has 1 heterocycles. The Morgan fingerprint density at radius 3 is 2.62 bits per heavy atom. The predicted molar refractivity (Wildman–Crippen MR) is 89.0 cm³/mol. The molecular weight excluding hydrogens is 282 g/mol. The third-order valence-corrected chi connectivity index (χ3v) is 4.86. The van der Waals surface area contributed by atoms with Crippen molar-refractivity contribution in [2.45, 2.75) is 49.5 Å². The van der Waals surface area contributed by atoms with E-state index in [1.807, 2.05) is 12.1 Å². The lowest BCUT2D eigenvalue weighted by Crippen LogP contribution is -2.17. The van der Waals surface area contributed by atoms with E-state index in [0.717, 1.165) is 55.7 Å². The maximum atomic E-state index is 9.33. The van der Waals surface area contributed by atoms with Gasteiger partial charge in [0.2, 0.25) is 0 Å². The fraction of sp³-hybridized carbons (Fsp3) is 0.471. The Morgan fingerprint density at radius 2 is 1.90 bits per heavy atom. The summed E-state index contributed by atoms with van der Waals surface area (Å²) in [6.45, 7) is 0. The Balaban J connectivity index is 1.97. The van der Waals surface area contributed by atoms with E-state index < -0.39 is 0 Å². The molecule has 1 aliphatic rings. The molecule has 114 valence electrons. The summed E-state index contributed by atoms with van der Waals surface area (Å²) in [5, 5.41) is 13.1. The molecule has 0 fully saturated rings. The van der Waals surface area contributed by atoms with Gasteiger partial charge >= 0.3 is 0 Å². The van der Waals surface area contributed by atoms with Crippen molar-refractivity contribution in [3.05, 3.63) is 48.5 Å². The first-order chi connectivity index (χ1) is 10.4. The molecule has 0 unspecified atom stereocenters. The first kappa shape index (κ1) is 16.0. The number of rotatable bonds is 3. The molecule has 0 bridgehead atoms. The predicted octanol–water partition coefficient (Wildman–Crippen LogP) is 5.18. The van der Waals surface area contributed by atoms with Crippen molar-refractivity contribution in [3.8, 4) is 0 Å². The summed E-state index contributed by atoms with van der Waals surface area (Å²) in [4.78, 5) is 0. The molecule has 1 aromatic rings. The first-order valence-corrected chi connectivity index (χ1v) is 8.60. The van der Waals surface area contributed by atoms with E-state index in [1.165, 1.54) is 0 Å². The minimum Gasteiger partial charge on any atom is -0.468 e. The molecule has 1 atom stereocenters. The maximum absolute atomic E-state index is 9.33. The monoisotopic (exact) mass is 305 g/mol. The summed E-state index contributed by atoms with van der Waals surface area (Å²) in [6.07, 6.45) is 16.6. The summed E-state index contributed by atoms with van der Waals surface area (Å²) < 4.78 is 5.38. The Bertz CT molecular complexity index is 477. The van der Waals surface area contributed by atoms with Crippen molar-refractivity contribution < 1.29 is 9.62 Å². The van der Waals surface area contributed by atoms with Crippen LogP contribution in [0.2, 0.25) is 0 Å². The first-order valence-electron chi connectivity index (χ1n) is 7.55. The molecule has 0 saturated carbocycles.